The maximum Gasteiger partial charge on any atom is 0.336 e. The van der Waals surface area contributed by atoms with Crippen LogP contribution in [0.15, 0.2) is 103 Å². The van der Waals surface area contributed by atoms with Gasteiger partial charge >= 0.3 is 5.97 Å². The number of pyridine rings is 1. The lowest BCUT2D eigenvalue weighted by Gasteiger charge is -2.09. The van der Waals surface area contributed by atoms with E-state index in [0.29, 0.717) is 33.4 Å². The molecule has 0 saturated carbocycles. The third-order valence-electron chi connectivity index (χ3n) is 5.87. The van der Waals surface area contributed by atoms with Crippen LogP contribution in [0.1, 0.15) is 16.7 Å². The van der Waals surface area contributed by atoms with Crippen LogP contribution in [0.2, 0.25) is 0 Å². The summed E-state index contributed by atoms with van der Waals surface area (Å²) in [5, 5.41) is 10.3. The molecule has 0 aliphatic carbocycles. The van der Waals surface area contributed by atoms with Gasteiger partial charge in [0.1, 0.15) is 5.65 Å². The SMILES string of the molecule is O=C(O)/C(=C/c1c[nH]c2ncc(NS(=O)(=O)Cc3ccc(-c4ccccc4)cc3)cc12)c1ccccc1. The zero-order chi connectivity index (χ0) is 25.8. The Labute approximate surface area is 214 Å². The smallest absolute Gasteiger partial charge is 0.336 e. The van der Waals surface area contributed by atoms with Gasteiger partial charge in [0.2, 0.25) is 10.0 Å². The van der Waals surface area contributed by atoms with Crippen molar-refractivity contribution in [3.05, 3.63) is 120 Å². The number of rotatable bonds is 8. The summed E-state index contributed by atoms with van der Waals surface area (Å²) in [5.74, 6) is -1.26. The zero-order valence-electron chi connectivity index (χ0n) is 19.6. The molecular weight excluding hydrogens is 486 g/mol. The van der Waals surface area contributed by atoms with Gasteiger partial charge < -0.3 is 10.1 Å². The summed E-state index contributed by atoms with van der Waals surface area (Å²) in [6.45, 7) is 0. The first-order valence-corrected chi connectivity index (χ1v) is 13.2. The third kappa shape index (κ3) is 5.60. The number of aromatic nitrogens is 2. The minimum atomic E-state index is -3.72. The average molecular weight is 510 g/mol. The molecule has 7 nitrogen and oxygen atoms in total. The van der Waals surface area contributed by atoms with Crippen LogP contribution in [-0.2, 0) is 20.6 Å². The van der Waals surface area contributed by atoms with Crippen LogP contribution in [0.5, 0.6) is 0 Å². The number of sulfonamides is 1. The molecule has 2 heterocycles. The van der Waals surface area contributed by atoms with Gasteiger partial charge in [-0.25, -0.2) is 18.2 Å². The van der Waals surface area contributed by atoms with E-state index in [4.69, 9.17) is 0 Å². The standard InChI is InChI=1S/C29H23N3O4S/c33-29(34)27(23-9-5-2-6-10-23)15-24-17-30-28-26(24)16-25(18-31-28)32-37(35,36)19-20-11-13-22(14-12-20)21-7-3-1-4-8-21/h1-18,32H,19H2,(H,30,31)(H,33,34)/b27-15+. The molecule has 3 N–H and O–H groups in total. The summed E-state index contributed by atoms with van der Waals surface area (Å²) in [5.41, 5.74) is 4.79. The van der Waals surface area contributed by atoms with Crippen LogP contribution < -0.4 is 4.72 Å². The van der Waals surface area contributed by atoms with Crippen LogP contribution in [-0.4, -0.2) is 29.5 Å². The number of aliphatic carboxylic acids is 1. The lowest BCUT2D eigenvalue weighted by molar-refractivity contribution is -0.130. The number of hydrogen-bond acceptors (Lipinski definition) is 4. The minimum Gasteiger partial charge on any atom is -0.478 e. The molecule has 5 rings (SSSR count). The Hall–Kier alpha value is -4.69. The van der Waals surface area contributed by atoms with Gasteiger partial charge in [0.15, 0.2) is 0 Å². The molecule has 0 unspecified atom stereocenters. The third-order valence-corrected chi connectivity index (χ3v) is 7.13. The number of nitrogens with zero attached hydrogens (tertiary/aromatic N) is 1. The van der Waals surface area contributed by atoms with Crippen molar-refractivity contribution in [3.63, 3.8) is 0 Å². The summed E-state index contributed by atoms with van der Waals surface area (Å²) in [7, 11) is -3.72. The molecule has 0 atom stereocenters. The molecule has 2 aromatic heterocycles. The first-order chi connectivity index (χ1) is 17.9. The van der Waals surface area contributed by atoms with Crippen molar-refractivity contribution in [2.24, 2.45) is 0 Å². The molecule has 8 heteroatoms. The molecule has 0 fully saturated rings. The van der Waals surface area contributed by atoms with Gasteiger partial charge in [0.05, 0.1) is 23.2 Å². The number of carbonyl (C=O) groups is 1. The molecule has 0 bridgehead atoms. The van der Waals surface area contributed by atoms with E-state index in [1.54, 1.807) is 54.7 Å². The summed E-state index contributed by atoms with van der Waals surface area (Å²) >= 11 is 0. The maximum absolute atomic E-state index is 12.9. The Morgan fingerprint density at radius 1 is 0.919 bits per heavy atom. The zero-order valence-corrected chi connectivity index (χ0v) is 20.4. The van der Waals surface area contributed by atoms with E-state index in [1.165, 1.54) is 6.20 Å². The first-order valence-electron chi connectivity index (χ1n) is 11.5. The number of benzene rings is 3. The number of H-pyrrole nitrogens is 1. The highest BCUT2D eigenvalue weighted by molar-refractivity contribution is 7.91. The summed E-state index contributed by atoms with van der Waals surface area (Å²) in [6, 6.07) is 27.7. The van der Waals surface area contributed by atoms with Crippen molar-refractivity contribution < 1.29 is 18.3 Å². The van der Waals surface area contributed by atoms with Gasteiger partial charge in [-0.2, -0.15) is 0 Å². The highest BCUT2D eigenvalue weighted by Gasteiger charge is 2.15. The number of aromatic amines is 1. The van der Waals surface area contributed by atoms with Gasteiger partial charge in [0, 0.05) is 17.1 Å². The fraction of sp³-hybridized carbons (Fsp3) is 0.0345. The Kier molecular flexibility index (Phi) is 6.57. The van der Waals surface area contributed by atoms with E-state index < -0.39 is 16.0 Å². The Bertz CT molecular complexity index is 1690. The number of nitrogens with one attached hydrogen (secondary N) is 2. The van der Waals surface area contributed by atoms with Crippen molar-refractivity contribution in [1.82, 2.24) is 9.97 Å². The highest BCUT2D eigenvalue weighted by atomic mass is 32.2. The molecule has 0 saturated heterocycles. The molecule has 0 amide bonds. The van der Waals surface area contributed by atoms with Crippen LogP contribution in [0.4, 0.5) is 5.69 Å². The predicted molar refractivity (Wildman–Crippen MR) is 146 cm³/mol. The van der Waals surface area contributed by atoms with Crippen LogP contribution in [0.3, 0.4) is 0 Å². The molecule has 0 aliphatic rings. The minimum absolute atomic E-state index is 0.117. The molecule has 0 radical (unpaired) electrons. The van der Waals surface area contributed by atoms with E-state index >= 15 is 0 Å². The normalized spacial score (nSPS) is 11.9. The second kappa shape index (κ2) is 10.1. The molecule has 3 aromatic carbocycles. The van der Waals surface area contributed by atoms with Crippen LogP contribution >= 0.6 is 0 Å². The summed E-state index contributed by atoms with van der Waals surface area (Å²) < 4.78 is 28.4. The van der Waals surface area contributed by atoms with Gasteiger partial charge in [-0.3, -0.25) is 4.72 Å². The van der Waals surface area contributed by atoms with Gasteiger partial charge in [0.25, 0.3) is 0 Å². The topological polar surface area (TPSA) is 112 Å². The second-order valence-electron chi connectivity index (χ2n) is 8.52. The monoisotopic (exact) mass is 509 g/mol. The van der Waals surface area contributed by atoms with Gasteiger partial charge in [-0.05, 0) is 34.4 Å². The Morgan fingerprint density at radius 3 is 2.24 bits per heavy atom. The number of fused-ring (bicyclic) bond motifs is 1. The van der Waals surface area contributed by atoms with Crippen LogP contribution in [0, 0.1) is 0 Å². The van der Waals surface area contributed by atoms with Crippen molar-refractivity contribution in [2.75, 3.05) is 4.72 Å². The fourth-order valence-corrected chi connectivity index (χ4v) is 5.27. The van der Waals surface area contributed by atoms with Crippen molar-refractivity contribution in [2.45, 2.75) is 5.75 Å². The van der Waals surface area contributed by atoms with E-state index in [2.05, 4.69) is 14.7 Å². The fourth-order valence-electron chi connectivity index (χ4n) is 4.10. The summed E-state index contributed by atoms with van der Waals surface area (Å²) in [6.07, 6.45) is 4.62. The molecular formula is C29H23N3O4S. The maximum atomic E-state index is 12.9. The van der Waals surface area contributed by atoms with Crippen molar-refractivity contribution in [3.8, 4) is 11.1 Å². The van der Waals surface area contributed by atoms with Gasteiger partial charge in [-0.1, -0.05) is 84.9 Å². The Morgan fingerprint density at radius 2 is 1.57 bits per heavy atom. The molecule has 5 aromatic rings. The van der Waals surface area contributed by atoms with E-state index in [-0.39, 0.29) is 11.3 Å². The lowest BCUT2D eigenvalue weighted by Crippen LogP contribution is -2.15. The van der Waals surface area contributed by atoms with Crippen molar-refractivity contribution >= 4 is 44.4 Å². The molecule has 37 heavy (non-hydrogen) atoms. The van der Waals surface area contributed by atoms with E-state index in [0.717, 1.165) is 11.1 Å². The highest BCUT2D eigenvalue weighted by Crippen LogP contribution is 2.26. The quantitative estimate of drug-likeness (QED) is 0.229. The molecule has 0 aliphatic heterocycles. The lowest BCUT2D eigenvalue weighted by atomic mass is 10.0. The molecule has 0 spiro atoms. The number of hydrogen-bond donors (Lipinski definition) is 3. The Balaban J connectivity index is 1.38. The summed E-state index contributed by atoms with van der Waals surface area (Å²) in [4.78, 5) is 19.2. The predicted octanol–water partition coefficient (Wildman–Crippen LogP) is 5.80. The van der Waals surface area contributed by atoms with E-state index in [9.17, 15) is 18.3 Å². The van der Waals surface area contributed by atoms with Gasteiger partial charge in [-0.15, -0.1) is 0 Å². The number of carboxylic acid groups (broad SMARTS) is 1. The van der Waals surface area contributed by atoms with E-state index in [1.807, 2.05) is 48.5 Å². The average Bonchev–Trinajstić information content (AvgIpc) is 3.30. The van der Waals surface area contributed by atoms with Crippen molar-refractivity contribution in [1.29, 1.82) is 0 Å². The second-order valence-corrected chi connectivity index (χ2v) is 10.2. The number of carboxylic acids is 1. The first kappa shape index (κ1) is 24.0. The largest absolute Gasteiger partial charge is 0.478 e. The van der Waals surface area contributed by atoms with Crippen LogP contribution in [0.25, 0.3) is 33.8 Å². The molecule has 184 valence electrons. The number of anilines is 1.